The van der Waals surface area contributed by atoms with Crippen LogP contribution in [0.25, 0.3) is 0 Å². The van der Waals surface area contributed by atoms with Gasteiger partial charge in [-0.3, -0.25) is 9.59 Å². The maximum absolute atomic E-state index is 11.9. The maximum Gasteiger partial charge on any atom is 0.311 e. The molecule has 0 aromatic carbocycles. The van der Waals surface area contributed by atoms with Gasteiger partial charge < -0.3 is 14.8 Å². The molecular weight excluding hydrogens is 258 g/mol. The van der Waals surface area contributed by atoms with Crippen molar-refractivity contribution in [3.05, 3.63) is 0 Å². The van der Waals surface area contributed by atoms with Crippen molar-refractivity contribution in [2.45, 2.75) is 53.4 Å². The summed E-state index contributed by atoms with van der Waals surface area (Å²) >= 11 is 0. The highest BCUT2D eigenvalue weighted by Gasteiger charge is 2.35. The molecule has 2 atom stereocenters. The minimum absolute atomic E-state index is 0.0925. The Balaban J connectivity index is 4.20. The SMILES string of the molecule is CCCCOCNC(=O)C(C)CC(C)(CC)C(=O)OC. The molecular formula is C15H29NO4. The second kappa shape index (κ2) is 9.75. The van der Waals surface area contributed by atoms with Gasteiger partial charge in [0.25, 0.3) is 0 Å². The van der Waals surface area contributed by atoms with E-state index in [2.05, 4.69) is 12.2 Å². The average molecular weight is 287 g/mol. The first-order valence-corrected chi connectivity index (χ1v) is 7.35. The monoisotopic (exact) mass is 287 g/mol. The largest absolute Gasteiger partial charge is 0.469 e. The van der Waals surface area contributed by atoms with Gasteiger partial charge in [-0.15, -0.1) is 0 Å². The lowest BCUT2D eigenvalue weighted by atomic mass is 9.79. The van der Waals surface area contributed by atoms with Crippen LogP contribution in [0.1, 0.15) is 53.4 Å². The van der Waals surface area contributed by atoms with Gasteiger partial charge in [0.15, 0.2) is 0 Å². The zero-order valence-corrected chi connectivity index (χ0v) is 13.5. The molecule has 0 rings (SSSR count). The number of hydrogen-bond acceptors (Lipinski definition) is 4. The molecule has 5 nitrogen and oxygen atoms in total. The molecule has 20 heavy (non-hydrogen) atoms. The Labute approximate surface area is 122 Å². The van der Waals surface area contributed by atoms with Crippen LogP contribution in [0.4, 0.5) is 0 Å². The van der Waals surface area contributed by atoms with Crippen LogP contribution in [-0.2, 0) is 19.1 Å². The molecule has 0 aliphatic rings. The zero-order valence-electron chi connectivity index (χ0n) is 13.5. The summed E-state index contributed by atoms with van der Waals surface area (Å²) < 4.78 is 10.1. The number of ether oxygens (including phenoxy) is 2. The Morgan fingerprint density at radius 2 is 1.95 bits per heavy atom. The topological polar surface area (TPSA) is 64.6 Å². The summed E-state index contributed by atoms with van der Waals surface area (Å²) in [7, 11) is 1.38. The number of esters is 1. The van der Waals surface area contributed by atoms with Crippen LogP contribution in [0.5, 0.6) is 0 Å². The van der Waals surface area contributed by atoms with Gasteiger partial charge in [-0.1, -0.05) is 27.2 Å². The first kappa shape index (κ1) is 18.9. The third-order valence-electron chi connectivity index (χ3n) is 3.65. The quantitative estimate of drug-likeness (QED) is 0.381. The van der Waals surface area contributed by atoms with Crippen molar-refractivity contribution in [1.82, 2.24) is 5.32 Å². The van der Waals surface area contributed by atoms with Crippen LogP contribution in [0.3, 0.4) is 0 Å². The van der Waals surface area contributed by atoms with Gasteiger partial charge in [0.1, 0.15) is 6.73 Å². The highest BCUT2D eigenvalue weighted by Crippen LogP contribution is 2.31. The lowest BCUT2D eigenvalue weighted by Crippen LogP contribution is -2.37. The van der Waals surface area contributed by atoms with Crippen molar-refractivity contribution >= 4 is 11.9 Å². The second-order valence-electron chi connectivity index (χ2n) is 5.46. The van der Waals surface area contributed by atoms with Crippen molar-refractivity contribution in [3.8, 4) is 0 Å². The maximum atomic E-state index is 11.9. The molecule has 0 saturated carbocycles. The average Bonchev–Trinajstić information content (AvgIpc) is 2.45. The van der Waals surface area contributed by atoms with Crippen molar-refractivity contribution in [2.24, 2.45) is 11.3 Å². The highest BCUT2D eigenvalue weighted by molar-refractivity contribution is 5.81. The third-order valence-corrected chi connectivity index (χ3v) is 3.65. The molecule has 0 aliphatic heterocycles. The molecule has 0 fully saturated rings. The molecule has 1 amide bonds. The zero-order chi connectivity index (χ0) is 15.6. The highest BCUT2D eigenvalue weighted by atomic mass is 16.5. The first-order valence-electron chi connectivity index (χ1n) is 7.35. The fourth-order valence-electron chi connectivity index (χ4n) is 2.00. The Kier molecular flexibility index (Phi) is 9.21. The number of methoxy groups -OCH3 is 1. The van der Waals surface area contributed by atoms with Crippen molar-refractivity contribution in [1.29, 1.82) is 0 Å². The standard InChI is InChI=1S/C15H29NO4/c1-6-8-9-20-11-16-13(17)12(3)10-15(4,7-2)14(18)19-5/h12H,6-11H2,1-5H3,(H,16,17). The van der Waals surface area contributed by atoms with E-state index in [1.807, 2.05) is 20.8 Å². The van der Waals surface area contributed by atoms with E-state index in [9.17, 15) is 9.59 Å². The molecule has 0 heterocycles. The lowest BCUT2D eigenvalue weighted by molar-refractivity contribution is -0.153. The van der Waals surface area contributed by atoms with Gasteiger partial charge in [-0.05, 0) is 26.2 Å². The van der Waals surface area contributed by atoms with E-state index in [4.69, 9.17) is 9.47 Å². The van der Waals surface area contributed by atoms with Gasteiger partial charge in [-0.25, -0.2) is 0 Å². The van der Waals surface area contributed by atoms with Crippen LogP contribution in [0, 0.1) is 11.3 Å². The molecule has 2 unspecified atom stereocenters. The third kappa shape index (κ3) is 6.37. The number of rotatable bonds is 10. The number of carbonyl (C=O) groups excluding carboxylic acids is 2. The van der Waals surface area contributed by atoms with Gasteiger partial charge >= 0.3 is 5.97 Å². The minimum Gasteiger partial charge on any atom is -0.469 e. The van der Waals surface area contributed by atoms with Crippen LogP contribution in [0.2, 0.25) is 0 Å². The summed E-state index contributed by atoms with van der Waals surface area (Å²) in [6, 6.07) is 0. The van der Waals surface area contributed by atoms with E-state index >= 15 is 0 Å². The predicted octanol–water partition coefficient (Wildman–Crippen LogP) is 2.49. The van der Waals surface area contributed by atoms with E-state index in [0.717, 1.165) is 12.8 Å². The molecule has 0 aliphatic carbocycles. The van der Waals surface area contributed by atoms with Crippen LogP contribution in [-0.4, -0.2) is 32.3 Å². The van der Waals surface area contributed by atoms with Gasteiger partial charge in [0, 0.05) is 12.5 Å². The van der Waals surface area contributed by atoms with Gasteiger partial charge in [0.05, 0.1) is 12.5 Å². The molecule has 0 saturated heterocycles. The Bertz CT molecular complexity index is 306. The summed E-state index contributed by atoms with van der Waals surface area (Å²) in [5.74, 6) is -0.613. The van der Waals surface area contributed by atoms with Gasteiger partial charge in [0.2, 0.25) is 5.91 Å². The molecule has 0 spiro atoms. The number of nitrogens with one attached hydrogen (secondary N) is 1. The number of unbranched alkanes of at least 4 members (excludes halogenated alkanes) is 1. The van der Waals surface area contributed by atoms with Crippen molar-refractivity contribution in [3.63, 3.8) is 0 Å². The van der Waals surface area contributed by atoms with E-state index in [0.29, 0.717) is 19.4 Å². The number of hydrogen-bond donors (Lipinski definition) is 1. The van der Waals surface area contributed by atoms with Crippen LogP contribution < -0.4 is 5.32 Å². The molecule has 0 aromatic rings. The summed E-state index contributed by atoms with van der Waals surface area (Å²) in [6.07, 6.45) is 3.17. The first-order chi connectivity index (χ1) is 9.41. The molecule has 0 bridgehead atoms. The van der Waals surface area contributed by atoms with Crippen molar-refractivity contribution in [2.75, 3.05) is 20.4 Å². The molecule has 0 aromatic heterocycles. The summed E-state index contributed by atoms with van der Waals surface area (Å²) in [5, 5.41) is 2.73. The van der Waals surface area contributed by atoms with Crippen LogP contribution in [0.15, 0.2) is 0 Å². The van der Waals surface area contributed by atoms with Gasteiger partial charge in [-0.2, -0.15) is 0 Å². The molecule has 1 N–H and O–H groups in total. The Morgan fingerprint density at radius 3 is 2.45 bits per heavy atom. The summed E-state index contributed by atoms with van der Waals surface area (Å²) in [4.78, 5) is 23.7. The number of amides is 1. The predicted molar refractivity (Wildman–Crippen MR) is 78.1 cm³/mol. The molecule has 5 heteroatoms. The Morgan fingerprint density at radius 1 is 1.30 bits per heavy atom. The summed E-state index contributed by atoms with van der Waals surface area (Å²) in [6.45, 7) is 8.54. The fraction of sp³-hybridized carbons (Fsp3) is 0.867. The fourth-order valence-corrected chi connectivity index (χ4v) is 2.00. The Hall–Kier alpha value is -1.10. The molecule has 118 valence electrons. The van der Waals surface area contributed by atoms with E-state index in [1.165, 1.54) is 7.11 Å². The summed E-state index contributed by atoms with van der Waals surface area (Å²) in [5.41, 5.74) is -0.616. The van der Waals surface area contributed by atoms with Crippen LogP contribution >= 0.6 is 0 Å². The second-order valence-corrected chi connectivity index (χ2v) is 5.46. The number of carbonyl (C=O) groups is 2. The van der Waals surface area contributed by atoms with E-state index in [1.54, 1.807) is 0 Å². The van der Waals surface area contributed by atoms with E-state index in [-0.39, 0.29) is 24.5 Å². The molecule has 0 radical (unpaired) electrons. The van der Waals surface area contributed by atoms with E-state index < -0.39 is 5.41 Å². The minimum atomic E-state index is -0.616. The van der Waals surface area contributed by atoms with Crippen molar-refractivity contribution < 1.29 is 19.1 Å². The normalized spacial score (nSPS) is 15.2. The smallest absolute Gasteiger partial charge is 0.311 e. The lowest BCUT2D eigenvalue weighted by Gasteiger charge is -2.27.